The summed E-state index contributed by atoms with van der Waals surface area (Å²) in [7, 11) is 1.92. The van der Waals surface area contributed by atoms with Crippen molar-refractivity contribution in [3.8, 4) is 11.6 Å². The summed E-state index contributed by atoms with van der Waals surface area (Å²) >= 11 is 0. The van der Waals surface area contributed by atoms with Crippen LogP contribution in [0.25, 0.3) is 11.6 Å². The first-order valence-electron chi connectivity index (χ1n) is 6.34. The Labute approximate surface area is 105 Å². The van der Waals surface area contributed by atoms with Crippen molar-refractivity contribution in [3.63, 3.8) is 0 Å². The molecular weight excluding hydrogens is 230 g/mol. The fourth-order valence-electron chi connectivity index (χ4n) is 2.32. The molecule has 1 unspecified atom stereocenters. The van der Waals surface area contributed by atoms with Gasteiger partial charge in [0.25, 0.3) is 0 Å². The molecule has 3 heterocycles. The van der Waals surface area contributed by atoms with Crippen LogP contribution in [-0.4, -0.2) is 32.8 Å². The number of imidazole rings is 1. The molecule has 1 aliphatic heterocycles. The van der Waals surface area contributed by atoms with Crippen LogP contribution in [0.5, 0.6) is 0 Å². The lowest BCUT2D eigenvalue weighted by molar-refractivity contribution is 0.364. The van der Waals surface area contributed by atoms with Crippen LogP contribution in [0.15, 0.2) is 16.9 Å². The number of nitrogens with one attached hydrogen (secondary N) is 1. The molecule has 0 spiro atoms. The van der Waals surface area contributed by atoms with Gasteiger partial charge in [-0.1, -0.05) is 5.16 Å². The van der Waals surface area contributed by atoms with Gasteiger partial charge in [-0.15, -0.1) is 0 Å². The van der Waals surface area contributed by atoms with Gasteiger partial charge >= 0.3 is 0 Å². The van der Waals surface area contributed by atoms with Gasteiger partial charge in [0, 0.05) is 25.9 Å². The Kier molecular flexibility index (Phi) is 3.10. The standard InChI is InChI=1S/C12H17N5O/c1-17-7-6-14-12(17)11-15-10(18-16-11)3-2-9-4-5-13-8-9/h6-7,9,13H,2-5,8H2,1H3. The van der Waals surface area contributed by atoms with E-state index in [0.717, 1.165) is 37.7 Å². The molecule has 18 heavy (non-hydrogen) atoms. The van der Waals surface area contributed by atoms with E-state index in [-0.39, 0.29) is 0 Å². The molecular formula is C12H17N5O. The summed E-state index contributed by atoms with van der Waals surface area (Å²) in [6.45, 7) is 2.24. The second-order valence-electron chi connectivity index (χ2n) is 4.77. The average Bonchev–Trinajstić information content (AvgIpc) is 3.07. The summed E-state index contributed by atoms with van der Waals surface area (Å²) in [5.41, 5.74) is 0. The summed E-state index contributed by atoms with van der Waals surface area (Å²) in [4.78, 5) is 8.60. The van der Waals surface area contributed by atoms with Crippen molar-refractivity contribution in [1.82, 2.24) is 25.0 Å². The normalized spacial score (nSPS) is 19.5. The molecule has 0 amide bonds. The first-order chi connectivity index (χ1) is 8.83. The largest absolute Gasteiger partial charge is 0.339 e. The molecule has 3 rings (SSSR count). The maximum atomic E-state index is 5.27. The van der Waals surface area contributed by atoms with Gasteiger partial charge in [0.15, 0.2) is 5.82 Å². The lowest BCUT2D eigenvalue weighted by Gasteiger charge is -2.03. The van der Waals surface area contributed by atoms with Crippen molar-refractivity contribution in [2.45, 2.75) is 19.3 Å². The first-order valence-corrected chi connectivity index (χ1v) is 6.34. The van der Waals surface area contributed by atoms with E-state index in [4.69, 9.17) is 4.52 Å². The zero-order valence-electron chi connectivity index (χ0n) is 10.5. The molecule has 0 bridgehead atoms. The molecule has 2 aromatic rings. The van der Waals surface area contributed by atoms with Gasteiger partial charge < -0.3 is 14.4 Å². The Bertz CT molecular complexity index is 512. The van der Waals surface area contributed by atoms with E-state index >= 15 is 0 Å². The molecule has 0 aromatic carbocycles. The number of nitrogens with zero attached hydrogens (tertiary/aromatic N) is 4. The van der Waals surface area contributed by atoms with Gasteiger partial charge in [-0.25, -0.2) is 4.98 Å². The molecule has 1 atom stereocenters. The summed E-state index contributed by atoms with van der Waals surface area (Å²) in [6.07, 6.45) is 6.81. The molecule has 0 radical (unpaired) electrons. The predicted molar refractivity (Wildman–Crippen MR) is 65.8 cm³/mol. The minimum atomic E-state index is 0.571. The van der Waals surface area contributed by atoms with E-state index in [0.29, 0.717) is 11.7 Å². The quantitative estimate of drug-likeness (QED) is 0.873. The van der Waals surface area contributed by atoms with Gasteiger partial charge in [-0.3, -0.25) is 0 Å². The fraction of sp³-hybridized carbons (Fsp3) is 0.583. The number of rotatable bonds is 4. The highest BCUT2D eigenvalue weighted by atomic mass is 16.5. The maximum Gasteiger partial charge on any atom is 0.238 e. The molecule has 1 fully saturated rings. The minimum absolute atomic E-state index is 0.571. The monoisotopic (exact) mass is 247 g/mol. The summed E-state index contributed by atoms with van der Waals surface area (Å²) < 4.78 is 7.15. The van der Waals surface area contributed by atoms with Crippen LogP contribution in [0, 0.1) is 5.92 Å². The van der Waals surface area contributed by atoms with Crippen molar-refractivity contribution in [2.75, 3.05) is 13.1 Å². The summed E-state index contributed by atoms with van der Waals surface area (Å²) in [6, 6.07) is 0. The fourth-order valence-corrected chi connectivity index (χ4v) is 2.32. The van der Waals surface area contributed by atoms with Gasteiger partial charge in [0.2, 0.25) is 11.7 Å². The van der Waals surface area contributed by atoms with E-state index in [9.17, 15) is 0 Å². The molecule has 2 aromatic heterocycles. The third-order valence-electron chi connectivity index (χ3n) is 3.42. The second-order valence-corrected chi connectivity index (χ2v) is 4.77. The Balaban J connectivity index is 1.64. The van der Waals surface area contributed by atoms with E-state index in [1.165, 1.54) is 6.42 Å². The topological polar surface area (TPSA) is 68.8 Å². The van der Waals surface area contributed by atoms with E-state index < -0.39 is 0 Å². The van der Waals surface area contributed by atoms with Crippen LogP contribution in [0.1, 0.15) is 18.7 Å². The Hall–Kier alpha value is -1.69. The van der Waals surface area contributed by atoms with Crippen molar-refractivity contribution < 1.29 is 4.52 Å². The highest BCUT2D eigenvalue weighted by Crippen LogP contribution is 2.17. The van der Waals surface area contributed by atoms with Gasteiger partial charge in [-0.05, 0) is 31.8 Å². The lowest BCUT2D eigenvalue weighted by atomic mass is 10.0. The van der Waals surface area contributed by atoms with E-state index in [2.05, 4.69) is 20.4 Å². The van der Waals surface area contributed by atoms with Crippen molar-refractivity contribution >= 4 is 0 Å². The zero-order valence-corrected chi connectivity index (χ0v) is 10.5. The smallest absolute Gasteiger partial charge is 0.238 e. The SMILES string of the molecule is Cn1ccnc1-c1noc(CCC2CCNC2)n1. The van der Waals surface area contributed by atoms with Crippen molar-refractivity contribution in [2.24, 2.45) is 13.0 Å². The van der Waals surface area contributed by atoms with Crippen molar-refractivity contribution in [3.05, 3.63) is 18.3 Å². The number of hydrogen-bond acceptors (Lipinski definition) is 5. The molecule has 1 saturated heterocycles. The third kappa shape index (κ3) is 2.28. The zero-order chi connectivity index (χ0) is 12.4. The van der Waals surface area contributed by atoms with Crippen LogP contribution in [0.2, 0.25) is 0 Å². The first kappa shape index (κ1) is 11.4. The molecule has 6 nitrogen and oxygen atoms in total. The van der Waals surface area contributed by atoms with Gasteiger partial charge in [0.1, 0.15) is 0 Å². The highest BCUT2D eigenvalue weighted by Gasteiger charge is 2.17. The molecule has 1 N–H and O–H groups in total. The Morgan fingerprint density at radius 3 is 3.22 bits per heavy atom. The number of aromatic nitrogens is 4. The Morgan fingerprint density at radius 1 is 1.56 bits per heavy atom. The second kappa shape index (κ2) is 4.89. The third-order valence-corrected chi connectivity index (χ3v) is 3.42. The molecule has 0 saturated carbocycles. The van der Waals surface area contributed by atoms with Gasteiger partial charge in [-0.2, -0.15) is 4.98 Å². The minimum Gasteiger partial charge on any atom is -0.339 e. The lowest BCUT2D eigenvalue weighted by Crippen LogP contribution is -2.09. The Morgan fingerprint density at radius 2 is 2.50 bits per heavy atom. The van der Waals surface area contributed by atoms with Crippen LogP contribution in [0.3, 0.4) is 0 Å². The highest BCUT2D eigenvalue weighted by molar-refractivity contribution is 5.42. The van der Waals surface area contributed by atoms with E-state index in [1.807, 2.05) is 17.8 Å². The van der Waals surface area contributed by atoms with Crippen LogP contribution in [0.4, 0.5) is 0 Å². The molecule has 1 aliphatic rings. The number of hydrogen-bond donors (Lipinski definition) is 1. The maximum absolute atomic E-state index is 5.27. The van der Waals surface area contributed by atoms with Crippen LogP contribution < -0.4 is 5.32 Å². The van der Waals surface area contributed by atoms with Crippen LogP contribution in [-0.2, 0) is 13.5 Å². The van der Waals surface area contributed by atoms with Crippen LogP contribution >= 0.6 is 0 Å². The van der Waals surface area contributed by atoms with E-state index in [1.54, 1.807) is 6.20 Å². The average molecular weight is 247 g/mol. The molecule has 96 valence electrons. The molecule has 6 heteroatoms. The summed E-state index contributed by atoms with van der Waals surface area (Å²) in [5.74, 6) is 2.77. The predicted octanol–water partition coefficient (Wildman–Crippen LogP) is 1.01. The molecule has 0 aliphatic carbocycles. The number of aryl methyl sites for hydroxylation is 2. The summed E-state index contributed by atoms with van der Waals surface area (Å²) in [5, 5.41) is 7.34. The van der Waals surface area contributed by atoms with Crippen molar-refractivity contribution in [1.29, 1.82) is 0 Å². The van der Waals surface area contributed by atoms with Gasteiger partial charge in [0.05, 0.1) is 0 Å².